The van der Waals surface area contributed by atoms with E-state index in [1.54, 1.807) is 12.1 Å². The molecule has 1 aliphatic carbocycles. The van der Waals surface area contributed by atoms with Crippen LogP contribution in [0.5, 0.6) is 5.75 Å². The van der Waals surface area contributed by atoms with Crippen LogP contribution in [0, 0.1) is 5.92 Å². The molecule has 0 saturated heterocycles. The van der Waals surface area contributed by atoms with Crippen LogP contribution in [0.3, 0.4) is 0 Å². The third-order valence-electron chi connectivity index (χ3n) is 2.59. The summed E-state index contributed by atoms with van der Waals surface area (Å²) in [7, 11) is 0. The lowest BCUT2D eigenvalue weighted by atomic mass is 10.0. The predicted octanol–water partition coefficient (Wildman–Crippen LogP) is 3.22. The van der Waals surface area contributed by atoms with E-state index in [1.165, 1.54) is 0 Å². The molecular weight excluding hydrogens is 265 g/mol. The molecule has 0 spiro atoms. The number of halogens is 2. The Morgan fingerprint density at radius 2 is 2.14 bits per heavy atom. The maximum Gasteiger partial charge on any atom is 0.136 e. The lowest BCUT2D eigenvalue weighted by molar-refractivity contribution is 0.453. The van der Waals surface area contributed by atoms with Crippen molar-refractivity contribution in [1.29, 1.82) is 0 Å². The van der Waals surface area contributed by atoms with Crippen molar-refractivity contribution in [3.05, 3.63) is 27.2 Å². The van der Waals surface area contributed by atoms with E-state index in [9.17, 15) is 5.11 Å². The monoisotopic (exact) mass is 275 g/mol. The fourth-order valence-electron chi connectivity index (χ4n) is 1.53. The Labute approximate surface area is 96.2 Å². The fourth-order valence-corrected chi connectivity index (χ4v) is 2.05. The van der Waals surface area contributed by atoms with Crippen LogP contribution in [0.25, 0.3) is 0 Å². The number of nitrogens with two attached hydrogens (primary N) is 1. The van der Waals surface area contributed by atoms with Crippen molar-refractivity contribution < 1.29 is 5.11 Å². The van der Waals surface area contributed by atoms with Gasteiger partial charge in [0, 0.05) is 11.6 Å². The number of rotatable bonds is 2. The molecule has 3 N–H and O–H groups in total. The van der Waals surface area contributed by atoms with E-state index in [0.29, 0.717) is 15.4 Å². The molecule has 1 aromatic carbocycles. The van der Waals surface area contributed by atoms with Gasteiger partial charge >= 0.3 is 0 Å². The van der Waals surface area contributed by atoms with Crippen LogP contribution in [-0.2, 0) is 0 Å². The lowest BCUT2D eigenvalue weighted by Crippen LogP contribution is -2.12. The summed E-state index contributed by atoms with van der Waals surface area (Å²) in [5, 5.41) is 10.3. The summed E-state index contributed by atoms with van der Waals surface area (Å²) in [4.78, 5) is 0. The van der Waals surface area contributed by atoms with Crippen LogP contribution >= 0.6 is 27.5 Å². The molecule has 76 valence electrons. The second-order valence-corrected chi connectivity index (χ2v) is 4.86. The fraction of sp³-hybridized carbons (Fsp3) is 0.400. The highest BCUT2D eigenvalue weighted by atomic mass is 79.9. The molecule has 4 heteroatoms. The molecule has 0 amide bonds. The highest BCUT2D eigenvalue weighted by Gasteiger charge is 2.31. The Morgan fingerprint density at radius 3 is 2.71 bits per heavy atom. The average molecular weight is 277 g/mol. The highest BCUT2D eigenvalue weighted by Crippen LogP contribution is 2.44. The molecule has 0 unspecified atom stereocenters. The number of hydrogen-bond acceptors (Lipinski definition) is 2. The normalized spacial score (nSPS) is 18.2. The van der Waals surface area contributed by atoms with Crippen molar-refractivity contribution in [2.75, 3.05) is 0 Å². The van der Waals surface area contributed by atoms with E-state index in [-0.39, 0.29) is 11.8 Å². The number of phenols is 1. The summed E-state index contributed by atoms with van der Waals surface area (Å²) in [6.07, 6.45) is 2.31. The van der Waals surface area contributed by atoms with Crippen molar-refractivity contribution in [1.82, 2.24) is 0 Å². The van der Waals surface area contributed by atoms with Gasteiger partial charge in [-0.3, -0.25) is 0 Å². The standard InChI is InChI=1S/C10H11BrClNO/c11-8-7(12)4-3-6(10(8)14)9(13)5-1-2-5/h3-5,9,14H,1-2,13H2/t9-/m0/s1. The minimum absolute atomic E-state index is 0.0661. The zero-order valence-electron chi connectivity index (χ0n) is 7.50. The molecule has 0 radical (unpaired) electrons. The van der Waals surface area contributed by atoms with Gasteiger partial charge in [-0.25, -0.2) is 0 Å². The molecule has 2 rings (SSSR count). The van der Waals surface area contributed by atoms with Gasteiger partial charge in [0.2, 0.25) is 0 Å². The molecule has 0 bridgehead atoms. The topological polar surface area (TPSA) is 46.2 Å². The first-order chi connectivity index (χ1) is 6.61. The zero-order valence-corrected chi connectivity index (χ0v) is 9.85. The van der Waals surface area contributed by atoms with Gasteiger partial charge in [0.15, 0.2) is 0 Å². The lowest BCUT2D eigenvalue weighted by Gasteiger charge is -2.14. The Balaban J connectivity index is 2.38. The first-order valence-electron chi connectivity index (χ1n) is 4.53. The van der Waals surface area contributed by atoms with Crippen LogP contribution in [0.2, 0.25) is 5.02 Å². The van der Waals surface area contributed by atoms with Gasteiger partial charge in [-0.15, -0.1) is 0 Å². The molecule has 1 fully saturated rings. The van der Waals surface area contributed by atoms with Crippen LogP contribution < -0.4 is 5.73 Å². The Morgan fingerprint density at radius 1 is 1.50 bits per heavy atom. The molecular formula is C10H11BrClNO. The SMILES string of the molecule is N[C@H](c1ccc(Cl)c(Br)c1O)C1CC1. The number of aromatic hydroxyl groups is 1. The molecule has 0 heterocycles. The summed E-state index contributed by atoms with van der Waals surface area (Å²) in [5.74, 6) is 0.700. The molecule has 14 heavy (non-hydrogen) atoms. The van der Waals surface area contributed by atoms with Gasteiger partial charge in [-0.2, -0.15) is 0 Å². The summed E-state index contributed by atoms with van der Waals surface area (Å²) in [5.41, 5.74) is 6.78. The summed E-state index contributed by atoms with van der Waals surface area (Å²) in [6, 6.07) is 3.48. The van der Waals surface area contributed by atoms with Gasteiger partial charge in [-0.05, 0) is 40.8 Å². The van der Waals surface area contributed by atoms with Gasteiger partial charge in [0.1, 0.15) is 5.75 Å². The van der Waals surface area contributed by atoms with Crippen molar-refractivity contribution in [2.45, 2.75) is 18.9 Å². The minimum atomic E-state index is -0.0661. The van der Waals surface area contributed by atoms with Crippen molar-refractivity contribution >= 4 is 27.5 Å². The van der Waals surface area contributed by atoms with E-state index in [2.05, 4.69) is 15.9 Å². The third-order valence-corrected chi connectivity index (χ3v) is 3.94. The molecule has 1 atom stereocenters. The van der Waals surface area contributed by atoms with Crippen molar-refractivity contribution in [2.24, 2.45) is 11.7 Å². The van der Waals surface area contributed by atoms with E-state index >= 15 is 0 Å². The number of benzene rings is 1. The Hall–Kier alpha value is -0.250. The first-order valence-corrected chi connectivity index (χ1v) is 5.71. The van der Waals surface area contributed by atoms with E-state index < -0.39 is 0 Å². The van der Waals surface area contributed by atoms with Crippen LogP contribution in [0.15, 0.2) is 16.6 Å². The largest absolute Gasteiger partial charge is 0.506 e. The maximum absolute atomic E-state index is 9.81. The predicted molar refractivity (Wildman–Crippen MR) is 60.5 cm³/mol. The van der Waals surface area contributed by atoms with Crippen molar-refractivity contribution in [3.63, 3.8) is 0 Å². The van der Waals surface area contributed by atoms with Crippen molar-refractivity contribution in [3.8, 4) is 5.75 Å². The second-order valence-electron chi connectivity index (χ2n) is 3.66. The first kappa shape index (κ1) is 10.3. The number of hydrogen-bond donors (Lipinski definition) is 2. The molecule has 1 aromatic rings. The summed E-state index contributed by atoms with van der Waals surface area (Å²) >= 11 is 9.07. The van der Waals surface area contributed by atoms with Crippen LogP contribution in [-0.4, -0.2) is 5.11 Å². The van der Waals surface area contributed by atoms with Crippen LogP contribution in [0.4, 0.5) is 0 Å². The smallest absolute Gasteiger partial charge is 0.136 e. The van der Waals surface area contributed by atoms with E-state index in [0.717, 1.165) is 18.4 Å². The molecule has 1 saturated carbocycles. The van der Waals surface area contributed by atoms with Crippen LogP contribution in [0.1, 0.15) is 24.4 Å². The average Bonchev–Trinajstić information content (AvgIpc) is 2.97. The molecule has 1 aliphatic rings. The second kappa shape index (κ2) is 3.72. The minimum Gasteiger partial charge on any atom is -0.506 e. The van der Waals surface area contributed by atoms with Gasteiger partial charge in [-0.1, -0.05) is 17.7 Å². The van der Waals surface area contributed by atoms with Gasteiger partial charge < -0.3 is 10.8 Å². The summed E-state index contributed by atoms with van der Waals surface area (Å²) < 4.78 is 0.535. The van der Waals surface area contributed by atoms with Gasteiger partial charge in [0.25, 0.3) is 0 Å². The quantitative estimate of drug-likeness (QED) is 0.871. The third kappa shape index (κ3) is 1.76. The van der Waals surface area contributed by atoms with E-state index in [1.807, 2.05) is 0 Å². The van der Waals surface area contributed by atoms with Gasteiger partial charge in [0.05, 0.1) is 9.50 Å². The molecule has 2 nitrogen and oxygen atoms in total. The molecule has 0 aliphatic heterocycles. The Kier molecular flexibility index (Phi) is 2.73. The summed E-state index contributed by atoms with van der Waals surface area (Å²) in [6.45, 7) is 0. The number of phenolic OH excluding ortho intramolecular Hbond substituents is 1. The highest BCUT2D eigenvalue weighted by molar-refractivity contribution is 9.10. The van der Waals surface area contributed by atoms with E-state index in [4.69, 9.17) is 17.3 Å². The zero-order chi connectivity index (χ0) is 10.3. The Bertz CT molecular complexity index is 365. The molecule has 0 aromatic heterocycles. The maximum atomic E-state index is 9.81.